The molecule has 4 rings (SSSR count). The highest BCUT2D eigenvalue weighted by Crippen LogP contribution is 2.31. The molecule has 0 atom stereocenters. The van der Waals surface area contributed by atoms with Crippen LogP contribution in [-0.4, -0.2) is 35.7 Å². The van der Waals surface area contributed by atoms with Gasteiger partial charge >= 0.3 is 0 Å². The molecule has 28 heavy (non-hydrogen) atoms. The molecule has 2 aromatic carbocycles. The number of thiazole rings is 1. The highest BCUT2D eigenvalue weighted by Gasteiger charge is 2.15. The minimum atomic E-state index is -0.269. The Labute approximate surface area is 172 Å². The summed E-state index contributed by atoms with van der Waals surface area (Å²) < 4.78 is 14.4. The van der Waals surface area contributed by atoms with Gasteiger partial charge in [0.05, 0.1) is 10.2 Å². The molecular formula is C21H22N2O3S2. The zero-order valence-electron chi connectivity index (χ0n) is 16.2. The van der Waals surface area contributed by atoms with E-state index in [1.54, 1.807) is 41.3 Å². The third kappa shape index (κ3) is 3.69. The highest BCUT2D eigenvalue weighted by atomic mass is 32.2. The number of amides is 1. The predicted octanol–water partition coefficient (Wildman–Crippen LogP) is 4.19. The largest absolute Gasteiger partial charge is 0.486 e. The molecule has 0 unspecified atom stereocenters. The van der Waals surface area contributed by atoms with Gasteiger partial charge in [0.25, 0.3) is 5.91 Å². The summed E-state index contributed by atoms with van der Waals surface area (Å²) in [5, 5.41) is 0. The van der Waals surface area contributed by atoms with Crippen LogP contribution in [0.3, 0.4) is 0 Å². The van der Waals surface area contributed by atoms with Crippen LogP contribution in [0.25, 0.3) is 10.2 Å². The van der Waals surface area contributed by atoms with E-state index >= 15 is 0 Å². The Kier molecular flexibility index (Phi) is 5.46. The van der Waals surface area contributed by atoms with Crippen molar-refractivity contribution in [1.29, 1.82) is 0 Å². The maximum Gasteiger partial charge on any atom is 0.279 e. The van der Waals surface area contributed by atoms with E-state index in [-0.39, 0.29) is 5.91 Å². The van der Waals surface area contributed by atoms with E-state index in [0.717, 1.165) is 27.3 Å². The highest BCUT2D eigenvalue weighted by molar-refractivity contribution is 7.98. The number of benzene rings is 2. The van der Waals surface area contributed by atoms with Crippen LogP contribution in [0.5, 0.6) is 11.5 Å². The fraction of sp³-hybridized carbons (Fsp3) is 0.333. The van der Waals surface area contributed by atoms with Crippen LogP contribution in [0.2, 0.25) is 0 Å². The van der Waals surface area contributed by atoms with Crippen molar-refractivity contribution in [3.63, 3.8) is 0 Å². The van der Waals surface area contributed by atoms with Gasteiger partial charge in [-0.15, -0.1) is 0 Å². The van der Waals surface area contributed by atoms with E-state index in [1.165, 1.54) is 11.1 Å². The number of nitrogens with zero attached hydrogens (tertiary/aromatic N) is 2. The Bertz CT molecular complexity index is 1110. The minimum Gasteiger partial charge on any atom is -0.486 e. The average molecular weight is 415 g/mol. The molecule has 0 spiro atoms. The molecule has 1 amide bonds. The Balaban J connectivity index is 1.78. The molecule has 0 N–H and O–H groups in total. The van der Waals surface area contributed by atoms with Crippen molar-refractivity contribution in [1.82, 2.24) is 4.57 Å². The quantitative estimate of drug-likeness (QED) is 0.642. The van der Waals surface area contributed by atoms with Crippen molar-refractivity contribution >= 4 is 39.2 Å². The van der Waals surface area contributed by atoms with Gasteiger partial charge in [0.2, 0.25) is 0 Å². The molecule has 146 valence electrons. The summed E-state index contributed by atoms with van der Waals surface area (Å²) in [6.45, 7) is 6.06. The number of aromatic nitrogens is 1. The molecule has 2 heterocycles. The lowest BCUT2D eigenvalue weighted by Crippen LogP contribution is -2.19. The van der Waals surface area contributed by atoms with Gasteiger partial charge in [0.15, 0.2) is 16.3 Å². The fourth-order valence-electron chi connectivity index (χ4n) is 3.13. The first-order chi connectivity index (χ1) is 13.6. The maximum absolute atomic E-state index is 12.9. The second kappa shape index (κ2) is 8.01. The molecule has 1 aromatic heterocycles. The zero-order valence-corrected chi connectivity index (χ0v) is 17.8. The Morgan fingerprint density at radius 3 is 2.68 bits per heavy atom. The van der Waals surface area contributed by atoms with Crippen molar-refractivity contribution in [2.24, 2.45) is 4.99 Å². The molecule has 0 saturated heterocycles. The standard InChI is InChI=1S/C21H22N2O3S2/c1-13-10-16-19(11-14(13)2)28-21(23(16)6-9-27-3)22-20(24)15-4-5-17-18(12-15)26-8-7-25-17/h4-5,10-12H,6-9H2,1-3H3. The van der Waals surface area contributed by atoms with Gasteiger partial charge < -0.3 is 14.0 Å². The second-order valence-electron chi connectivity index (χ2n) is 6.71. The van der Waals surface area contributed by atoms with Crippen LogP contribution in [-0.2, 0) is 6.54 Å². The number of thioether (sulfide) groups is 1. The summed E-state index contributed by atoms with van der Waals surface area (Å²) in [4.78, 5) is 18.1. The summed E-state index contributed by atoms with van der Waals surface area (Å²) in [6.07, 6.45) is 2.08. The van der Waals surface area contributed by atoms with Crippen molar-refractivity contribution in [2.45, 2.75) is 20.4 Å². The van der Waals surface area contributed by atoms with Crippen LogP contribution >= 0.6 is 23.1 Å². The number of carbonyl (C=O) groups is 1. The van der Waals surface area contributed by atoms with Crippen LogP contribution in [0.15, 0.2) is 35.3 Å². The second-order valence-corrected chi connectivity index (χ2v) is 8.70. The van der Waals surface area contributed by atoms with E-state index in [4.69, 9.17) is 9.47 Å². The first-order valence-electron chi connectivity index (χ1n) is 9.15. The molecule has 5 nitrogen and oxygen atoms in total. The first-order valence-corrected chi connectivity index (χ1v) is 11.4. The number of carbonyl (C=O) groups excluding carboxylic acids is 1. The first kappa shape index (κ1) is 19.1. The lowest BCUT2D eigenvalue weighted by molar-refractivity contribution is 0.0996. The molecule has 0 bridgehead atoms. The number of fused-ring (bicyclic) bond motifs is 2. The molecule has 0 aliphatic carbocycles. The van der Waals surface area contributed by atoms with E-state index in [2.05, 4.69) is 41.8 Å². The number of hydrogen-bond acceptors (Lipinski definition) is 5. The summed E-state index contributed by atoms with van der Waals surface area (Å²) >= 11 is 3.34. The number of rotatable bonds is 4. The summed E-state index contributed by atoms with van der Waals surface area (Å²) in [5.74, 6) is 1.97. The summed E-state index contributed by atoms with van der Waals surface area (Å²) in [7, 11) is 0. The third-order valence-electron chi connectivity index (χ3n) is 4.80. The monoisotopic (exact) mass is 414 g/mol. The van der Waals surface area contributed by atoms with Gasteiger partial charge in [0.1, 0.15) is 13.2 Å². The molecule has 0 saturated carbocycles. The molecular weight excluding hydrogens is 392 g/mol. The SMILES string of the molecule is CSCCn1c(=NC(=O)c2ccc3c(c2)OCCO3)sc2cc(C)c(C)cc21. The zero-order chi connectivity index (χ0) is 19.7. The topological polar surface area (TPSA) is 52.8 Å². The Morgan fingerprint density at radius 2 is 1.89 bits per heavy atom. The Morgan fingerprint density at radius 1 is 1.14 bits per heavy atom. The Hall–Kier alpha value is -2.25. The number of aryl methyl sites for hydroxylation is 3. The summed E-state index contributed by atoms with van der Waals surface area (Å²) in [6, 6.07) is 9.60. The van der Waals surface area contributed by atoms with Gasteiger partial charge in [-0.3, -0.25) is 4.79 Å². The van der Waals surface area contributed by atoms with E-state index in [0.29, 0.717) is 30.3 Å². The number of ether oxygens (including phenoxy) is 2. The molecule has 0 radical (unpaired) electrons. The van der Waals surface area contributed by atoms with Crippen LogP contribution in [0, 0.1) is 13.8 Å². The third-order valence-corrected chi connectivity index (χ3v) is 6.44. The predicted molar refractivity (Wildman–Crippen MR) is 115 cm³/mol. The lowest BCUT2D eigenvalue weighted by atomic mass is 10.1. The van der Waals surface area contributed by atoms with Gasteiger partial charge in [-0.05, 0) is 61.6 Å². The van der Waals surface area contributed by atoms with E-state index < -0.39 is 0 Å². The molecule has 1 aliphatic heterocycles. The normalized spacial score (nSPS) is 13.9. The lowest BCUT2D eigenvalue weighted by Gasteiger charge is -2.18. The molecule has 0 fully saturated rings. The van der Waals surface area contributed by atoms with Crippen molar-refractivity contribution in [3.05, 3.63) is 51.8 Å². The van der Waals surface area contributed by atoms with E-state index in [9.17, 15) is 4.79 Å². The number of hydrogen-bond donors (Lipinski definition) is 0. The van der Waals surface area contributed by atoms with Crippen molar-refractivity contribution < 1.29 is 14.3 Å². The van der Waals surface area contributed by atoms with Gasteiger partial charge in [-0.2, -0.15) is 16.8 Å². The van der Waals surface area contributed by atoms with Crippen molar-refractivity contribution in [3.8, 4) is 11.5 Å². The maximum atomic E-state index is 12.9. The van der Waals surface area contributed by atoms with Crippen LogP contribution < -0.4 is 14.3 Å². The fourth-order valence-corrected chi connectivity index (χ4v) is 4.63. The molecule has 7 heteroatoms. The smallest absolute Gasteiger partial charge is 0.279 e. The van der Waals surface area contributed by atoms with Crippen LogP contribution in [0.1, 0.15) is 21.5 Å². The average Bonchev–Trinajstić information content (AvgIpc) is 3.02. The minimum absolute atomic E-state index is 0.269. The summed E-state index contributed by atoms with van der Waals surface area (Å²) in [5.41, 5.74) is 4.13. The van der Waals surface area contributed by atoms with Gasteiger partial charge in [0, 0.05) is 17.9 Å². The van der Waals surface area contributed by atoms with Gasteiger partial charge in [-0.25, -0.2) is 0 Å². The molecule has 1 aliphatic rings. The van der Waals surface area contributed by atoms with Gasteiger partial charge in [-0.1, -0.05) is 11.3 Å². The van der Waals surface area contributed by atoms with Crippen molar-refractivity contribution in [2.75, 3.05) is 25.2 Å². The molecule has 3 aromatic rings. The van der Waals surface area contributed by atoms with Crippen LogP contribution in [0.4, 0.5) is 0 Å². The van der Waals surface area contributed by atoms with E-state index in [1.807, 2.05) is 0 Å².